The Morgan fingerprint density at radius 1 is 1.53 bits per heavy atom. The second-order valence-electron chi connectivity index (χ2n) is 4.48. The summed E-state index contributed by atoms with van der Waals surface area (Å²) in [6.45, 7) is 0.474. The molecule has 1 saturated heterocycles. The van der Waals surface area contributed by atoms with E-state index in [0.29, 0.717) is 13.0 Å². The number of hydrogen-bond donors (Lipinski definition) is 0. The van der Waals surface area contributed by atoms with Gasteiger partial charge in [0.05, 0.1) is 0 Å². The van der Waals surface area contributed by atoms with Crippen molar-refractivity contribution in [2.24, 2.45) is 10.5 Å². The second kappa shape index (κ2) is 4.11. The highest BCUT2D eigenvalue weighted by Gasteiger charge is 2.45. The third kappa shape index (κ3) is 1.92. The zero-order valence-electron chi connectivity index (χ0n) is 8.69. The number of carbonyl (C=O) groups excluding carboxylic acids is 1. The van der Waals surface area contributed by atoms with Crippen molar-refractivity contribution in [3.8, 4) is 0 Å². The Kier molecular flexibility index (Phi) is 2.82. The van der Waals surface area contributed by atoms with Crippen molar-refractivity contribution in [2.45, 2.75) is 44.6 Å². The first-order valence-electron chi connectivity index (χ1n) is 5.47. The molecule has 0 bridgehead atoms. The Hall–Kier alpha value is -1.22. The molecule has 15 heavy (non-hydrogen) atoms. The molecule has 0 amide bonds. The van der Waals surface area contributed by atoms with Gasteiger partial charge in [-0.25, -0.2) is 0 Å². The van der Waals surface area contributed by atoms with Gasteiger partial charge in [-0.3, -0.25) is 4.79 Å². The number of ether oxygens (including phenoxy) is 1. The van der Waals surface area contributed by atoms with E-state index in [1.807, 2.05) is 0 Å². The quantitative estimate of drug-likeness (QED) is 0.303. The number of hydrogen-bond acceptors (Lipinski definition) is 3. The first-order valence-corrected chi connectivity index (χ1v) is 5.47. The maximum atomic E-state index is 11.2. The maximum absolute atomic E-state index is 11.2. The van der Waals surface area contributed by atoms with Crippen LogP contribution in [0.25, 0.3) is 10.4 Å². The van der Waals surface area contributed by atoms with Crippen molar-refractivity contribution >= 4 is 5.97 Å². The molecule has 2 fully saturated rings. The van der Waals surface area contributed by atoms with E-state index in [9.17, 15) is 4.79 Å². The summed E-state index contributed by atoms with van der Waals surface area (Å²) in [5.74, 6) is -0.0986. The minimum Gasteiger partial charge on any atom is -0.462 e. The van der Waals surface area contributed by atoms with Gasteiger partial charge in [-0.15, -0.1) is 0 Å². The number of rotatable bonds is 2. The molecule has 82 valence electrons. The molecule has 0 unspecified atom stereocenters. The standard InChI is InChI=1S/C10H15N3O2/c11-13-12-7-10-5-2-1-3-8(10)15-9(14)4-6-10/h8H,1-7H2/t8-,10-/m1/s1. The lowest BCUT2D eigenvalue weighted by molar-refractivity contribution is -0.170. The molecule has 2 atom stereocenters. The molecule has 0 aromatic rings. The van der Waals surface area contributed by atoms with Gasteiger partial charge in [-0.2, -0.15) is 0 Å². The van der Waals surface area contributed by atoms with Crippen LogP contribution in [-0.2, 0) is 9.53 Å². The second-order valence-corrected chi connectivity index (χ2v) is 4.48. The summed E-state index contributed by atoms with van der Waals surface area (Å²) in [6, 6.07) is 0. The van der Waals surface area contributed by atoms with Gasteiger partial charge in [0, 0.05) is 23.3 Å². The van der Waals surface area contributed by atoms with Gasteiger partial charge in [-0.1, -0.05) is 11.5 Å². The van der Waals surface area contributed by atoms with E-state index in [1.165, 1.54) is 0 Å². The summed E-state index contributed by atoms with van der Waals surface area (Å²) in [6.07, 6.45) is 5.47. The smallest absolute Gasteiger partial charge is 0.306 e. The summed E-state index contributed by atoms with van der Waals surface area (Å²) < 4.78 is 5.37. The Morgan fingerprint density at radius 3 is 3.20 bits per heavy atom. The van der Waals surface area contributed by atoms with E-state index in [0.717, 1.165) is 32.1 Å². The van der Waals surface area contributed by atoms with Crippen LogP contribution in [0.3, 0.4) is 0 Å². The SMILES string of the molecule is [N-]=[N+]=NC[C@]12CCCC[C@H]1OC(=O)CC2. The van der Waals surface area contributed by atoms with Crippen molar-refractivity contribution < 1.29 is 9.53 Å². The van der Waals surface area contributed by atoms with Crippen LogP contribution < -0.4 is 0 Å². The number of esters is 1. The van der Waals surface area contributed by atoms with E-state index in [2.05, 4.69) is 10.0 Å². The fraction of sp³-hybridized carbons (Fsp3) is 0.900. The first-order chi connectivity index (χ1) is 7.27. The molecule has 2 rings (SSSR count). The summed E-state index contributed by atoms with van der Waals surface area (Å²) in [5, 5.41) is 3.68. The number of fused-ring (bicyclic) bond motifs is 1. The summed E-state index contributed by atoms with van der Waals surface area (Å²) >= 11 is 0. The zero-order chi connectivity index (χ0) is 10.7. The third-order valence-electron chi connectivity index (χ3n) is 3.62. The summed E-state index contributed by atoms with van der Waals surface area (Å²) in [7, 11) is 0. The molecule has 0 aromatic carbocycles. The number of azide groups is 1. The monoisotopic (exact) mass is 209 g/mol. The highest BCUT2D eigenvalue weighted by molar-refractivity contribution is 5.70. The van der Waals surface area contributed by atoms with Gasteiger partial charge in [0.25, 0.3) is 0 Å². The van der Waals surface area contributed by atoms with Crippen LogP contribution in [0.15, 0.2) is 5.11 Å². The fourth-order valence-electron chi connectivity index (χ4n) is 2.74. The van der Waals surface area contributed by atoms with Crippen molar-refractivity contribution in [1.29, 1.82) is 0 Å². The molecule has 1 saturated carbocycles. The van der Waals surface area contributed by atoms with Gasteiger partial charge >= 0.3 is 5.97 Å². The minimum atomic E-state index is -0.0986. The predicted molar refractivity (Wildman–Crippen MR) is 54.0 cm³/mol. The van der Waals surface area contributed by atoms with Gasteiger partial charge in [-0.05, 0) is 31.2 Å². The lowest BCUT2D eigenvalue weighted by atomic mass is 9.68. The Balaban J connectivity index is 2.15. The molecular weight excluding hydrogens is 194 g/mol. The molecule has 1 aliphatic carbocycles. The molecule has 1 aliphatic heterocycles. The zero-order valence-corrected chi connectivity index (χ0v) is 8.69. The normalized spacial score (nSPS) is 34.9. The van der Waals surface area contributed by atoms with Crippen LogP contribution >= 0.6 is 0 Å². The Bertz CT molecular complexity index is 312. The van der Waals surface area contributed by atoms with E-state index < -0.39 is 0 Å². The predicted octanol–water partition coefficient (Wildman–Crippen LogP) is 2.56. The van der Waals surface area contributed by atoms with Crippen LogP contribution in [0.4, 0.5) is 0 Å². The van der Waals surface area contributed by atoms with E-state index in [-0.39, 0.29) is 17.5 Å². The highest BCUT2D eigenvalue weighted by Crippen LogP contribution is 2.45. The van der Waals surface area contributed by atoms with Crippen LogP contribution in [0.5, 0.6) is 0 Å². The van der Waals surface area contributed by atoms with Gasteiger partial charge in [0.15, 0.2) is 0 Å². The number of carbonyl (C=O) groups is 1. The summed E-state index contributed by atoms with van der Waals surface area (Å²) in [5.41, 5.74) is 8.33. The topological polar surface area (TPSA) is 75.1 Å². The van der Waals surface area contributed by atoms with Crippen molar-refractivity contribution in [2.75, 3.05) is 6.54 Å². The van der Waals surface area contributed by atoms with Gasteiger partial charge in [0.1, 0.15) is 6.10 Å². The van der Waals surface area contributed by atoms with E-state index in [4.69, 9.17) is 10.3 Å². The summed E-state index contributed by atoms with van der Waals surface area (Å²) in [4.78, 5) is 14.0. The van der Waals surface area contributed by atoms with Gasteiger partial charge in [0.2, 0.25) is 0 Å². The molecule has 1 heterocycles. The maximum Gasteiger partial charge on any atom is 0.306 e. The molecule has 0 radical (unpaired) electrons. The van der Waals surface area contributed by atoms with E-state index >= 15 is 0 Å². The van der Waals surface area contributed by atoms with Crippen molar-refractivity contribution in [3.63, 3.8) is 0 Å². The van der Waals surface area contributed by atoms with Crippen LogP contribution in [-0.4, -0.2) is 18.6 Å². The van der Waals surface area contributed by atoms with E-state index in [1.54, 1.807) is 0 Å². The third-order valence-corrected chi connectivity index (χ3v) is 3.62. The number of nitrogens with zero attached hydrogens (tertiary/aromatic N) is 3. The van der Waals surface area contributed by atoms with Crippen LogP contribution in [0.1, 0.15) is 38.5 Å². The van der Waals surface area contributed by atoms with Crippen molar-refractivity contribution in [3.05, 3.63) is 10.4 Å². The highest BCUT2D eigenvalue weighted by atomic mass is 16.5. The fourth-order valence-corrected chi connectivity index (χ4v) is 2.74. The Labute approximate surface area is 88.4 Å². The lowest BCUT2D eigenvalue weighted by Gasteiger charge is -2.45. The first kappa shape index (κ1) is 10.3. The van der Waals surface area contributed by atoms with Crippen LogP contribution in [0, 0.1) is 5.41 Å². The largest absolute Gasteiger partial charge is 0.462 e. The molecule has 0 aromatic heterocycles. The average molecular weight is 209 g/mol. The Morgan fingerprint density at radius 2 is 2.40 bits per heavy atom. The van der Waals surface area contributed by atoms with Crippen LogP contribution in [0.2, 0.25) is 0 Å². The molecule has 5 nitrogen and oxygen atoms in total. The molecule has 0 N–H and O–H groups in total. The molecule has 2 aliphatic rings. The molecule has 0 spiro atoms. The molecule has 5 heteroatoms. The van der Waals surface area contributed by atoms with Crippen molar-refractivity contribution in [1.82, 2.24) is 0 Å². The van der Waals surface area contributed by atoms with Gasteiger partial charge < -0.3 is 4.74 Å². The average Bonchev–Trinajstić information content (AvgIpc) is 2.27. The molecular formula is C10H15N3O2. The lowest BCUT2D eigenvalue weighted by Crippen LogP contribution is -2.47. The minimum absolute atomic E-state index is 0.0157.